The molecule has 3 aromatic rings. The lowest BCUT2D eigenvalue weighted by Crippen LogP contribution is -2.13. The Morgan fingerprint density at radius 3 is 3.00 bits per heavy atom. The van der Waals surface area contributed by atoms with Gasteiger partial charge >= 0.3 is 0 Å². The molecule has 0 aliphatic rings. The van der Waals surface area contributed by atoms with Crippen molar-refractivity contribution in [3.63, 3.8) is 0 Å². The summed E-state index contributed by atoms with van der Waals surface area (Å²) in [6, 6.07) is 7.39. The molecule has 3 rings (SSSR count). The van der Waals surface area contributed by atoms with Gasteiger partial charge in [0.2, 0.25) is 0 Å². The zero-order chi connectivity index (χ0) is 15.5. The van der Waals surface area contributed by atoms with Gasteiger partial charge in [0, 0.05) is 18.9 Å². The summed E-state index contributed by atoms with van der Waals surface area (Å²) in [5.41, 5.74) is 0.635. The highest BCUT2D eigenvalue weighted by Gasteiger charge is 2.15. The molecular weight excluding hydrogens is 296 g/mol. The predicted octanol–water partition coefficient (Wildman–Crippen LogP) is 3.38. The van der Waals surface area contributed by atoms with Crippen LogP contribution in [0.5, 0.6) is 0 Å². The van der Waals surface area contributed by atoms with E-state index in [4.69, 9.17) is 0 Å². The first-order chi connectivity index (χ1) is 10.7. The van der Waals surface area contributed by atoms with Crippen molar-refractivity contribution in [1.29, 1.82) is 0 Å². The van der Waals surface area contributed by atoms with Crippen LogP contribution < -0.4 is 5.56 Å². The molecule has 0 aliphatic heterocycles. The van der Waals surface area contributed by atoms with Crippen LogP contribution in [-0.2, 0) is 6.54 Å². The van der Waals surface area contributed by atoms with E-state index >= 15 is 0 Å². The van der Waals surface area contributed by atoms with E-state index in [1.165, 1.54) is 0 Å². The summed E-state index contributed by atoms with van der Waals surface area (Å²) in [4.78, 5) is 24.0. The van der Waals surface area contributed by atoms with Crippen LogP contribution in [0.15, 0.2) is 46.6 Å². The van der Waals surface area contributed by atoms with E-state index in [9.17, 15) is 4.79 Å². The van der Waals surface area contributed by atoms with E-state index < -0.39 is 0 Å². The van der Waals surface area contributed by atoms with E-state index in [1.54, 1.807) is 24.0 Å². The number of aromatic amines is 1. The van der Waals surface area contributed by atoms with Gasteiger partial charge in [-0.05, 0) is 25.5 Å². The largest absolute Gasteiger partial charge is 0.326 e. The summed E-state index contributed by atoms with van der Waals surface area (Å²) < 4.78 is 2.13. The fourth-order valence-corrected chi connectivity index (χ4v) is 3.28. The summed E-state index contributed by atoms with van der Waals surface area (Å²) in [6.07, 6.45) is 4.85. The maximum absolute atomic E-state index is 12.2. The minimum Gasteiger partial charge on any atom is -0.326 e. The lowest BCUT2D eigenvalue weighted by atomic mass is 10.2. The summed E-state index contributed by atoms with van der Waals surface area (Å²) in [7, 11) is 0. The van der Waals surface area contributed by atoms with Crippen LogP contribution in [0.1, 0.15) is 31.3 Å². The quantitative estimate of drug-likeness (QED) is 0.733. The average Bonchev–Trinajstić information content (AvgIpc) is 2.95. The Morgan fingerprint density at radius 1 is 1.36 bits per heavy atom. The number of benzene rings is 1. The first kappa shape index (κ1) is 14.8. The third kappa shape index (κ3) is 2.92. The molecule has 2 heterocycles. The highest BCUT2D eigenvalue weighted by atomic mass is 32.2. The molecule has 2 aromatic heterocycles. The van der Waals surface area contributed by atoms with Gasteiger partial charge in [-0.25, -0.2) is 9.97 Å². The highest BCUT2D eigenvalue weighted by molar-refractivity contribution is 7.99. The van der Waals surface area contributed by atoms with Crippen molar-refractivity contribution in [3.05, 3.63) is 52.8 Å². The van der Waals surface area contributed by atoms with Gasteiger partial charge in [-0.2, -0.15) is 0 Å². The highest BCUT2D eigenvalue weighted by Crippen LogP contribution is 2.32. The molecule has 0 saturated carbocycles. The second-order valence-electron chi connectivity index (χ2n) is 5.13. The first-order valence-corrected chi connectivity index (χ1v) is 8.23. The van der Waals surface area contributed by atoms with Crippen molar-refractivity contribution in [2.75, 3.05) is 0 Å². The van der Waals surface area contributed by atoms with Crippen LogP contribution in [0, 0.1) is 0 Å². The Morgan fingerprint density at radius 2 is 2.18 bits per heavy atom. The minimum atomic E-state index is -0.0926. The van der Waals surface area contributed by atoms with E-state index in [0.29, 0.717) is 11.2 Å². The van der Waals surface area contributed by atoms with Crippen molar-refractivity contribution in [3.8, 4) is 0 Å². The summed E-state index contributed by atoms with van der Waals surface area (Å²) >= 11 is 1.61. The predicted molar refractivity (Wildman–Crippen MR) is 89.2 cm³/mol. The van der Waals surface area contributed by atoms with Gasteiger partial charge in [-0.1, -0.05) is 30.8 Å². The Kier molecular flexibility index (Phi) is 4.29. The van der Waals surface area contributed by atoms with Crippen molar-refractivity contribution in [2.45, 2.75) is 37.2 Å². The van der Waals surface area contributed by atoms with Crippen LogP contribution in [-0.4, -0.2) is 19.5 Å². The number of hydrogen-bond acceptors (Lipinski definition) is 4. The number of nitrogens with zero attached hydrogens (tertiary/aromatic N) is 3. The number of para-hydroxylation sites is 1. The van der Waals surface area contributed by atoms with Gasteiger partial charge < -0.3 is 9.55 Å². The van der Waals surface area contributed by atoms with Crippen molar-refractivity contribution < 1.29 is 0 Å². The number of hydrogen-bond donors (Lipinski definition) is 1. The lowest BCUT2D eigenvalue weighted by molar-refractivity contribution is 0.619. The van der Waals surface area contributed by atoms with Crippen molar-refractivity contribution in [1.82, 2.24) is 19.5 Å². The maximum Gasteiger partial charge on any atom is 0.258 e. The number of thioether (sulfide) groups is 1. The lowest BCUT2D eigenvalue weighted by Gasteiger charge is -2.12. The Bertz CT molecular complexity index is 839. The van der Waals surface area contributed by atoms with E-state index in [1.807, 2.05) is 31.3 Å². The number of aromatic nitrogens is 4. The molecule has 22 heavy (non-hydrogen) atoms. The normalized spacial score (nSPS) is 12.6. The molecule has 114 valence electrons. The fraction of sp³-hybridized carbons (Fsp3) is 0.312. The second-order valence-corrected chi connectivity index (χ2v) is 6.44. The van der Waals surface area contributed by atoms with Gasteiger partial charge in [0.25, 0.3) is 5.56 Å². The summed E-state index contributed by atoms with van der Waals surface area (Å²) in [5, 5.41) is 1.59. The standard InChI is InChI=1S/C16H18N4OS/c1-3-9-20-10-8-17-16(20)22-11(2)14-18-13-7-5-4-6-12(13)15(21)19-14/h4-8,10-11H,3,9H2,1-2H3,(H,18,19,21)/t11-/m1/s1. The molecule has 0 saturated heterocycles. The summed E-state index contributed by atoms with van der Waals surface area (Å²) in [5.74, 6) is 0.680. The van der Waals surface area contributed by atoms with Gasteiger partial charge in [-0.15, -0.1) is 0 Å². The van der Waals surface area contributed by atoms with Crippen LogP contribution in [0.4, 0.5) is 0 Å². The van der Waals surface area contributed by atoms with E-state index in [2.05, 4.69) is 26.4 Å². The Balaban J connectivity index is 1.90. The second kappa shape index (κ2) is 6.36. The van der Waals surface area contributed by atoms with Gasteiger partial charge in [0.05, 0.1) is 16.2 Å². The van der Waals surface area contributed by atoms with Crippen molar-refractivity contribution >= 4 is 22.7 Å². The van der Waals surface area contributed by atoms with Gasteiger partial charge in [0.15, 0.2) is 5.16 Å². The number of aryl methyl sites for hydroxylation is 1. The smallest absolute Gasteiger partial charge is 0.258 e. The zero-order valence-corrected chi connectivity index (χ0v) is 13.4. The van der Waals surface area contributed by atoms with Crippen LogP contribution in [0.3, 0.4) is 0 Å². The monoisotopic (exact) mass is 314 g/mol. The molecule has 0 aliphatic carbocycles. The number of rotatable bonds is 5. The van der Waals surface area contributed by atoms with Crippen LogP contribution >= 0.6 is 11.8 Å². The molecule has 0 radical (unpaired) electrons. The molecule has 1 atom stereocenters. The fourth-order valence-electron chi connectivity index (χ4n) is 2.34. The molecule has 1 aromatic carbocycles. The maximum atomic E-state index is 12.2. The average molecular weight is 314 g/mol. The number of imidazole rings is 1. The van der Waals surface area contributed by atoms with Crippen LogP contribution in [0.2, 0.25) is 0 Å². The minimum absolute atomic E-state index is 0.0234. The van der Waals surface area contributed by atoms with Gasteiger partial charge in [-0.3, -0.25) is 4.79 Å². The number of fused-ring (bicyclic) bond motifs is 1. The molecule has 0 unspecified atom stereocenters. The zero-order valence-electron chi connectivity index (χ0n) is 12.6. The van der Waals surface area contributed by atoms with Crippen molar-refractivity contribution in [2.24, 2.45) is 0 Å². The third-order valence-corrected chi connectivity index (χ3v) is 4.57. The summed E-state index contributed by atoms with van der Waals surface area (Å²) in [6.45, 7) is 5.11. The molecule has 0 bridgehead atoms. The first-order valence-electron chi connectivity index (χ1n) is 7.35. The van der Waals surface area contributed by atoms with E-state index in [0.717, 1.165) is 23.6 Å². The molecule has 0 fully saturated rings. The molecule has 5 nitrogen and oxygen atoms in total. The topological polar surface area (TPSA) is 63.6 Å². The van der Waals surface area contributed by atoms with Gasteiger partial charge in [0.1, 0.15) is 5.82 Å². The molecule has 0 spiro atoms. The molecule has 6 heteroatoms. The molecular formula is C16H18N4OS. The number of nitrogens with one attached hydrogen (secondary N) is 1. The van der Waals surface area contributed by atoms with E-state index in [-0.39, 0.29) is 10.8 Å². The Hall–Kier alpha value is -2.08. The number of H-pyrrole nitrogens is 1. The molecule has 1 N–H and O–H groups in total. The SMILES string of the molecule is CCCn1ccnc1S[C@H](C)c1nc2ccccc2c(=O)[nH]1. The third-order valence-electron chi connectivity index (χ3n) is 3.44. The molecule has 0 amide bonds. The van der Waals surface area contributed by atoms with Crippen LogP contribution in [0.25, 0.3) is 10.9 Å². The Labute approximate surface area is 132 Å².